The predicted octanol–water partition coefficient (Wildman–Crippen LogP) is 2.73. The van der Waals surface area contributed by atoms with E-state index in [-0.39, 0.29) is 17.7 Å². The first-order valence-corrected chi connectivity index (χ1v) is 6.54. The number of hydrogen-bond acceptors (Lipinski definition) is 3. The molecule has 2 N–H and O–H groups in total. The number of aryl methyl sites for hydroxylation is 1. The van der Waals surface area contributed by atoms with Gasteiger partial charge in [0.25, 0.3) is 0 Å². The van der Waals surface area contributed by atoms with Crippen molar-refractivity contribution in [1.29, 1.82) is 0 Å². The molecule has 1 aromatic carbocycles. The molecule has 1 unspecified atom stereocenters. The average molecular weight is 249 g/mol. The lowest BCUT2D eigenvalue weighted by molar-refractivity contribution is -0.0838. The largest absolute Gasteiger partial charge is 0.394 e. The van der Waals surface area contributed by atoms with Crippen molar-refractivity contribution in [2.24, 2.45) is 0 Å². The molecule has 1 aromatic rings. The molecule has 0 bridgehead atoms. The first-order valence-electron chi connectivity index (χ1n) is 6.54. The highest BCUT2D eigenvalue weighted by Crippen LogP contribution is 2.34. The number of aliphatic hydroxyl groups is 1. The standard InChI is InChI=1S/C15H23NO2/c1-12-5-4-6-13(9-12)16-15(11-17)7-8-18-14(2,3)10-15/h4-6,9,16-17H,7-8,10-11H2,1-3H3. The number of rotatable bonds is 3. The molecule has 1 saturated heterocycles. The van der Waals surface area contributed by atoms with E-state index in [0.29, 0.717) is 6.61 Å². The molecular weight excluding hydrogens is 226 g/mol. The van der Waals surface area contributed by atoms with Crippen LogP contribution in [0.2, 0.25) is 0 Å². The quantitative estimate of drug-likeness (QED) is 0.865. The van der Waals surface area contributed by atoms with Crippen molar-refractivity contribution >= 4 is 5.69 Å². The van der Waals surface area contributed by atoms with Gasteiger partial charge in [-0.25, -0.2) is 0 Å². The topological polar surface area (TPSA) is 41.5 Å². The third-order valence-corrected chi connectivity index (χ3v) is 3.57. The SMILES string of the molecule is Cc1cccc(NC2(CO)CCOC(C)(C)C2)c1. The maximum Gasteiger partial charge on any atom is 0.0663 e. The summed E-state index contributed by atoms with van der Waals surface area (Å²) in [5.74, 6) is 0. The first kappa shape index (κ1) is 13.4. The molecule has 2 rings (SSSR count). The fraction of sp³-hybridized carbons (Fsp3) is 0.600. The van der Waals surface area contributed by atoms with Crippen molar-refractivity contribution in [2.45, 2.75) is 44.8 Å². The molecule has 1 fully saturated rings. The van der Waals surface area contributed by atoms with Crippen molar-refractivity contribution in [3.05, 3.63) is 29.8 Å². The molecule has 1 aliphatic rings. The minimum atomic E-state index is -0.268. The number of benzene rings is 1. The van der Waals surface area contributed by atoms with Gasteiger partial charge in [-0.2, -0.15) is 0 Å². The van der Waals surface area contributed by atoms with Crippen LogP contribution in [0.4, 0.5) is 5.69 Å². The summed E-state index contributed by atoms with van der Waals surface area (Å²) in [4.78, 5) is 0. The van der Waals surface area contributed by atoms with Crippen LogP contribution in [0, 0.1) is 6.92 Å². The highest BCUT2D eigenvalue weighted by molar-refractivity contribution is 5.48. The van der Waals surface area contributed by atoms with E-state index >= 15 is 0 Å². The summed E-state index contributed by atoms with van der Waals surface area (Å²) in [5.41, 5.74) is 1.84. The zero-order chi connectivity index (χ0) is 13.2. The Kier molecular flexibility index (Phi) is 3.64. The van der Waals surface area contributed by atoms with Crippen molar-refractivity contribution in [3.8, 4) is 0 Å². The molecule has 1 atom stereocenters. The van der Waals surface area contributed by atoms with Crippen molar-refractivity contribution in [2.75, 3.05) is 18.5 Å². The van der Waals surface area contributed by atoms with Gasteiger partial charge < -0.3 is 15.2 Å². The first-order chi connectivity index (χ1) is 8.45. The minimum Gasteiger partial charge on any atom is -0.394 e. The van der Waals surface area contributed by atoms with Crippen LogP contribution in [0.25, 0.3) is 0 Å². The van der Waals surface area contributed by atoms with Crippen LogP contribution in [0.1, 0.15) is 32.3 Å². The molecular formula is C15H23NO2. The van der Waals surface area contributed by atoms with Crippen molar-refractivity contribution in [1.82, 2.24) is 0 Å². The van der Waals surface area contributed by atoms with Gasteiger partial charge in [0.1, 0.15) is 0 Å². The lowest BCUT2D eigenvalue weighted by Gasteiger charge is -2.45. The highest BCUT2D eigenvalue weighted by Gasteiger charge is 2.40. The van der Waals surface area contributed by atoms with Gasteiger partial charge >= 0.3 is 0 Å². The van der Waals surface area contributed by atoms with Crippen LogP contribution >= 0.6 is 0 Å². The highest BCUT2D eigenvalue weighted by atomic mass is 16.5. The summed E-state index contributed by atoms with van der Waals surface area (Å²) in [7, 11) is 0. The van der Waals surface area contributed by atoms with Gasteiger partial charge in [0.2, 0.25) is 0 Å². The van der Waals surface area contributed by atoms with Gasteiger partial charge in [-0.3, -0.25) is 0 Å². The van der Waals surface area contributed by atoms with Crippen LogP contribution in [-0.2, 0) is 4.74 Å². The van der Waals surface area contributed by atoms with E-state index in [1.807, 2.05) is 12.1 Å². The van der Waals surface area contributed by atoms with E-state index in [0.717, 1.165) is 18.5 Å². The lowest BCUT2D eigenvalue weighted by Crippen LogP contribution is -2.53. The van der Waals surface area contributed by atoms with E-state index in [4.69, 9.17) is 4.74 Å². The molecule has 100 valence electrons. The Morgan fingerprint density at radius 3 is 2.78 bits per heavy atom. The summed E-state index contributed by atoms with van der Waals surface area (Å²) in [6.07, 6.45) is 1.64. The maximum atomic E-state index is 9.79. The smallest absolute Gasteiger partial charge is 0.0663 e. The van der Waals surface area contributed by atoms with E-state index in [1.165, 1.54) is 5.56 Å². The molecule has 0 spiro atoms. The van der Waals surface area contributed by atoms with Crippen LogP contribution < -0.4 is 5.32 Å². The molecule has 0 aliphatic carbocycles. The number of ether oxygens (including phenoxy) is 1. The van der Waals surface area contributed by atoms with E-state index in [1.54, 1.807) is 0 Å². The molecule has 0 aromatic heterocycles. The number of nitrogens with one attached hydrogen (secondary N) is 1. The Morgan fingerprint density at radius 1 is 1.39 bits per heavy atom. The van der Waals surface area contributed by atoms with E-state index in [2.05, 4.69) is 38.2 Å². The minimum absolute atomic E-state index is 0.133. The Labute approximate surface area is 109 Å². The summed E-state index contributed by atoms with van der Waals surface area (Å²) in [5, 5.41) is 13.3. The normalized spacial score (nSPS) is 26.9. The monoisotopic (exact) mass is 249 g/mol. The summed E-state index contributed by atoms with van der Waals surface area (Å²) in [6.45, 7) is 7.05. The second-order valence-electron chi connectivity index (χ2n) is 5.97. The van der Waals surface area contributed by atoms with Gasteiger partial charge in [0.15, 0.2) is 0 Å². The molecule has 3 nitrogen and oxygen atoms in total. The van der Waals surface area contributed by atoms with Gasteiger partial charge in [0.05, 0.1) is 17.7 Å². The molecule has 0 saturated carbocycles. The van der Waals surface area contributed by atoms with Crippen LogP contribution in [-0.4, -0.2) is 29.5 Å². The fourth-order valence-electron chi connectivity index (χ4n) is 2.79. The van der Waals surface area contributed by atoms with Gasteiger partial charge in [-0.15, -0.1) is 0 Å². The predicted molar refractivity (Wildman–Crippen MR) is 73.9 cm³/mol. The Bertz CT molecular complexity index is 417. The molecule has 1 heterocycles. The Balaban J connectivity index is 2.18. The second kappa shape index (κ2) is 4.90. The van der Waals surface area contributed by atoms with Crippen molar-refractivity contribution in [3.63, 3.8) is 0 Å². The van der Waals surface area contributed by atoms with Crippen LogP contribution in [0.5, 0.6) is 0 Å². The number of anilines is 1. The molecule has 3 heteroatoms. The van der Waals surface area contributed by atoms with Gasteiger partial charge in [-0.05, 0) is 44.9 Å². The van der Waals surface area contributed by atoms with Gasteiger partial charge in [-0.1, -0.05) is 12.1 Å². The molecule has 0 amide bonds. The summed E-state index contributed by atoms with van der Waals surface area (Å²) >= 11 is 0. The Hall–Kier alpha value is -1.06. The zero-order valence-corrected chi connectivity index (χ0v) is 11.5. The van der Waals surface area contributed by atoms with Crippen LogP contribution in [0.3, 0.4) is 0 Å². The molecule has 1 aliphatic heterocycles. The third kappa shape index (κ3) is 3.03. The van der Waals surface area contributed by atoms with E-state index in [9.17, 15) is 5.11 Å². The lowest BCUT2D eigenvalue weighted by atomic mass is 9.81. The third-order valence-electron chi connectivity index (χ3n) is 3.57. The van der Waals surface area contributed by atoms with Crippen molar-refractivity contribution < 1.29 is 9.84 Å². The summed E-state index contributed by atoms with van der Waals surface area (Å²) < 4.78 is 5.73. The molecule has 0 radical (unpaired) electrons. The molecule has 18 heavy (non-hydrogen) atoms. The second-order valence-corrected chi connectivity index (χ2v) is 5.97. The van der Waals surface area contributed by atoms with Gasteiger partial charge in [0, 0.05) is 18.7 Å². The van der Waals surface area contributed by atoms with Crippen LogP contribution in [0.15, 0.2) is 24.3 Å². The average Bonchev–Trinajstić information content (AvgIpc) is 2.27. The zero-order valence-electron chi connectivity index (χ0n) is 11.5. The summed E-state index contributed by atoms with van der Waals surface area (Å²) in [6, 6.07) is 8.27. The number of hydrogen-bond donors (Lipinski definition) is 2. The number of aliphatic hydroxyl groups excluding tert-OH is 1. The van der Waals surface area contributed by atoms with E-state index < -0.39 is 0 Å². The Morgan fingerprint density at radius 2 is 2.17 bits per heavy atom. The fourth-order valence-corrected chi connectivity index (χ4v) is 2.79. The maximum absolute atomic E-state index is 9.79.